The smallest absolute Gasteiger partial charge is 0.151 e. The van der Waals surface area contributed by atoms with Gasteiger partial charge in [0.2, 0.25) is 0 Å². The normalized spacial score (nSPS) is 10.9. The van der Waals surface area contributed by atoms with Crippen molar-refractivity contribution < 1.29 is 50.1 Å². The number of allylic oxidation sites excluding steroid dienone is 6. The van der Waals surface area contributed by atoms with Crippen LogP contribution in [-0.4, -0.2) is 17.3 Å². The minimum absolute atomic E-state index is 0. The molecule has 127 valence electrons. The van der Waals surface area contributed by atoms with Gasteiger partial charge in [-0.05, 0) is 39.0 Å². The van der Waals surface area contributed by atoms with Gasteiger partial charge in [0.1, 0.15) is 0 Å². The summed E-state index contributed by atoms with van der Waals surface area (Å²) in [6.45, 7) is 8.09. The van der Waals surface area contributed by atoms with E-state index in [2.05, 4.69) is 0 Å². The molecule has 0 atom stereocenters. The first-order valence-electron chi connectivity index (χ1n) is 5.96. The van der Waals surface area contributed by atoms with Crippen molar-refractivity contribution in [3.8, 4) is 0 Å². The Balaban J connectivity index is -0.000000108. The second-order valence-corrected chi connectivity index (χ2v) is 4.10. The average Bonchev–Trinajstić information content (AvgIpc) is 2.10. The molecule has 0 fully saturated rings. The van der Waals surface area contributed by atoms with Gasteiger partial charge in [-0.3, -0.25) is 14.4 Å². The Bertz CT molecular complexity index is 368. The zero-order chi connectivity index (χ0) is 17.6. The van der Waals surface area contributed by atoms with Crippen molar-refractivity contribution in [1.82, 2.24) is 0 Å². The van der Waals surface area contributed by atoms with E-state index in [9.17, 15) is 29.7 Å². The molecule has 0 saturated carbocycles. The predicted octanol–water partition coefficient (Wildman–Crippen LogP) is -0.484. The summed E-state index contributed by atoms with van der Waals surface area (Å²) >= 11 is 0. The maximum atomic E-state index is 9.98. The number of hydrogen-bond donors (Lipinski definition) is 0. The molecule has 0 aliphatic heterocycles. The summed E-state index contributed by atoms with van der Waals surface area (Å²) < 4.78 is 0. The molecule has 0 aliphatic rings. The van der Waals surface area contributed by atoms with E-state index in [0.717, 1.165) is 18.2 Å². The molecule has 7 heteroatoms. The molecule has 0 rings (SSSR count). The van der Waals surface area contributed by atoms with Crippen LogP contribution in [0.3, 0.4) is 0 Å². The fourth-order valence-corrected chi connectivity index (χ4v) is 0.859. The topological polar surface area (TPSA) is 120 Å². The second kappa shape index (κ2) is 17.3. The van der Waals surface area contributed by atoms with Crippen LogP contribution in [0.4, 0.5) is 0 Å². The van der Waals surface area contributed by atoms with E-state index in [1.165, 1.54) is 41.5 Å². The Hall–Kier alpha value is -1.71. The summed E-state index contributed by atoms with van der Waals surface area (Å²) in [4.78, 5) is 29.9. The molecular weight excluding hydrogens is 462 g/mol. The van der Waals surface area contributed by atoms with Crippen molar-refractivity contribution in [3.63, 3.8) is 0 Å². The quantitative estimate of drug-likeness (QED) is 0.395. The number of rotatable bonds is 3. The fourth-order valence-electron chi connectivity index (χ4n) is 0.859. The van der Waals surface area contributed by atoms with Gasteiger partial charge in [0.25, 0.3) is 0 Å². The summed E-state index contributed by atoms with van der Waals surface area (Å²) in [7, 11) is 0. The first-order valence-corrected chi connectivity index (χ1v) is 5.96. The van der Waals surface area contributed by atoms with Crippen LogP contribution in [0.5, 0.6) is 0 Å². The molecular formula is C15H21O6Re-3. The monoisotopic (exact) mass is 484 g/mol. The summed E-state index contributed by atoms with van der Waals surface area (Å²) in [6, 6.07) is 0. The Morgan fingerprint density at radius 3 is 0.682 bits per heavy atom. The van der Waals surface area contributed by atoms with Gasteiger partial charge in [0.05, 0.1) is 0 Å². The Labute approximate surface area is 144 Å². The van der Waals surface area contributed by atoms with Crippen molar-refractivity contribution in [2.75, 3.05) is 0 Å². The van der Waals surface area contributed by atoms with Gasteiger partial charge in [0, 0.05) is 20.4 Å². The number of carbonyl (C=O) groups is 3. The Kier molecular flexibility index (Phi) is 22.4. The molecule has 6 nitrogen and oxygen atoms in total. The molecule has 0 unspecified atom stereocenters. The Morgan fingerprint density at radius 2 is 0.682 bits per heavy atom. The minimum Gasteiger partial charge on any atom is -0.876 e. The van der Waals surface area contributed by atoms with Crippen LogP contribution in [0.15, 0.2) is 35.5 Å². The molecule has 0 heterocycles. The summed E-state index contributed by atoms with van der Waals surface area (Å²) in [6.07, 6.45) is 3.17. The first-order chi connectivity index (χ1) is 9.38. The van der Waals surface area contributed by atoms with E-state index in [4.69, 9.17) is 0 Å². The van der Waals surface area contributed by atoms with Crippen LogP contribution < -0.4 is 15.3 Å². The number of carbonyl (C=O) groups excluding carboxylic acids is 3. The van der Waals surface area contributed by atoms with Crippen LogP contribution in [0.1, 0.15) is 41.5 Å². The molecule has 0 aromatic heterocycles. The summed E-state index contributed by atoms with van der Waals surface area (Å²) in [5, 5.41) is 29.9. The van der Waals surface area contributed by atoms with Crippen molar-refractivity contribution >= 4 is 17.3 Å². The molecule has 0 bridgehead atoms. The van der Waals surface area contributed by atoms with E-state index >= 15 is 0 Å². The summed E-state index contributed by atoms with van der Waals surface area (Å²) in [5.74, 6) is -1.12. The average molecular weight is 484 g/mol. The van der Waals surface area contributed by atoms with Crippen molar-refractivity contribution in [3.05, 3.63) is 35.5 Å². The minimum atomic E-state index is -0.187. The van der Waals surface area contributed by atoms with Crippen LogP contribution in [0, 0.1) is 0 Å². The van der Waals surface area contributed by atoms with E-state index in [1.807, 2.05) is 0 Å². The van der Waals surface area contributed by atoms with Crippen LogP contribution in [0.2, 0.25) is 0 Å². The third-order valence-electron chi connectivity index (χ3n) is 1.22. The van der Waals surface area contributed by atoms with E-state index in [-0.39, 0.29) is 55.1 Å². The number of ketones is 3. The van der Waals surface area contributed by atoms with Gasteiger partial charge in [0.15, 0.2) is 17.3 Å². The van der Waals surface area contributed by atoms with Crippen LogP contribution in [-0.2, 0) is 34.8 Å². The molecule has 0 amide bonds. The van der Waals surface area contributed by atoms with Gasteiger partial charge in [-0.1, -0.05) is 20.8 Å². The molecule has 1 radical (unpaired) electrons. The molecule has 0 aliphatic carbocycles. The molecule has 22 heavy (non-hydrogen) atoms. The Morgan fingerprint density at radius 1 is 0.545 bits per heavy atom. The van der Waals surface area contributed by atoms with E-state index < -0.39 is 0 Å². The van der Waals surface area contributed by atoms with Crippen molar-refractivity contribution in [2.45, 2.75) is 41.5 Å². The third-order valence-corrected chi connectivity index (χ3v) is 1.22. The third kappa shape index (κ3) is 51.6. The summed E-state index contributed by atoms with van der Waals surface area (Å²) in [5.41, 5.74) is 0. The van der Waals surface area contributed by atoms with Gasteiger partial charge < -0.3 is 15.3 Å². The number of hydrogen-bond acceptors (Lipinski definition) is 6. The zero-order valence-corrected chi connectivity index (χ0v) is 16.3. The van der Waals surface area contributed by atoms with Crippen LogP contribution >= 0.6 is 0 Å². The predicted molar refractivity (Wildman–Crippen MR) is 73.3 cm³/mol. The molecule has 0 saturated heterocycles. The molecule has 0 N–H and O–H groups in total. The maximum absolute atomic E-state index is 9.98. The van der Waals surface area contributed by atoms with Gasteiger partial charge >= 0.3 is 0 Å². The first kappa shape index (κ1) is 28.5. The fraction of sp³-hybridized carbons (Fsp3) is 0.400. The van der Waals surface area contributed by atoms with E-state index in [1.54, 1.807) is 0 Å². The standard InChI is InChI=1S/3C5H8O2.Re/c3*1-4(6)3-5(2)7;/h3*3,6H,1-2H3;/p-3. The second-order valence-electron chi connectivity index (χ2n) is 4.10. The molecule has 0 spiro atoms. The van der Waals surface area contributed by atoms with Crippen molar-refractivity contribution in [2.24, 2.45) is 0 Å². The van der Waals surface area contributed by atoms with E-state index in [0.29, 0.717) is 0 Å². The maximum Gasteiger partial charge on any atom is 0.151 e. The molecule has 0 aromatic carbocycles. The molecule has 0 aromatic rings. The van der Waals surface area contributed by atoms with Crippen LogP contribution in [0.25, 0.3) is 0 Å². The van der Waals surface area contributed by atoms with Gasteiger partial charge in [-0.2, -0.15) is 0 Å². The van der Waals surface area contributed by atoms with Gasteiger partial charge in [-0.15, -0.1) is 17.3 Å². The largest absolute Gasteiger partial charge is 0.876 e. The zero-order valence-electron chi connectivity index (χ0n) is 13.6. The SMILES string of the molecule is CC(=O)C=C(C)[O-].CC(=O)C=C(C)[O-].CC(=O)C=C(C)[O-].[Re]. The van der Waals surface area contributed by atoms with Gasteiger partial charge in [-0.25, -0.2) is 0 Å². The van der Waals surface area contributed by atoms with Crippen molar-refractivity contribution in [1.29, 1.82) is 0 Å².